The SMILES string of the molecule is COC(=O)CCOc1ccc(OC)cc1CNC(C)C. The number of ether oxygens (including phenoxy) is 3. The van der Waals surface area contributed by atoms with Crippen molar-refractivity contribution in [3.05, 3.63) is 23.8 Å². The molecule has 0 heterocycles. The second kappa shape index (κ2) is 8.43. The van der Waals surface area contributed by atoms with Gasteiger partial charge in [0.1, 0.15) is 11.5 Å². The molecule has 0 bridgehead atoms. The fourth-order valence-electron chi connectivity index (χ4n) is 1.62. The number of benzene rings is 1. The summed E-state index contributed by atoms with van der Waals surface area (Å²) in [5, 5.41) is 3.34. The van der Waals surface area contributed by atoms with Gasteiger partial charge in [0.2, 0.25) is 0 Å². The number of rotatable bonds is 8. The maximum absolute atomic E-state index is 11.1. The molecule has 1 aromatic carbocycles. The van der Waals surface area contributed by atoms with E-state index in [1.807, 2.05) is 18.2 Å². The summed E-state index contributed by atoms with van der Waals surface area (Å²) in [6.07, 6.45) is 0.236. The van der Waals surface area contributed by atoms with Crippen molar-refractivity contribution in [2.75, 3.05) is 20.8 Å². The van der Waals surface area contributed by atoms with Crippen LogP contribution in [0, 0.1) is 0 Å². The lowest BCUT2D eigenvalue weighted by atomic mass is 10.1. The molecule has 0 aliphatic carbocycles. The summed E-state index contributed by atoms with van der Waals surface area (Å²) in [6, 6.07) is 6.01. The highest BCUT2D eigenvalue weighted by Gasteiger charge is 2.08. The van der Waals surface area contributed by atoms with Gasteiger partial charge >= 0.3 is 5.97 Å². The third-order valence-electron chi connectivity index (χ3n) is 2.76. The van der Waals surface area contributed by atoms with Gasteiger partial charge in [-0.1, -0.05) is 13.8 Å². The Morgan fingerprint density at radius 3 is 2.65 bits per heavy atom. The number of carbonyl (C=O) groups is 1. The lowest BCUT2D eigenvalue weighted by molar-refractivity contribution is -0.141. The molecule has 5 heteroatoms. The van der Waals surface area contributed by atoms with E-state index in [1.54, 1.807) is 7.11 Å². The Morgan fingerprint density at radius 2 is 2.05 bits per heavy atom. The van der Waals surface area contributed by atoms with Crippen LogP contribution in [0.1, 0.15) is 25.8 Å². The molecule has 1 N–H and O–H groups in total. The van der Waals surface area contributed by atoms with Gasteiger partial charge in [-0.05, 0) is 18.2 Å². The van der Waals surface area contributed by atoms with Crippen molar-refractivity contribution in [2.24, 2.45) is 0 Å². The van der Waals surface area contributed by atoms with Crippen molar-refractivity contribution < 1.29 is 19.0 Å². The summed E-state index contributed by atoms with van der Waals surface area (Å²) < 4.78 is 15.4. The minimum Gasteiger partial charge on any atom is -0.497 e. The predicted molar refractivity (Wildman–Crippen MR) is 77.1 cm³/mol. The number of esters is 1. The van der Waals surface area contributed by atoms with Crippen molar-refractivity contribution in [1.29, 1.82) is 0 Å². The standard InChI is InChI=1S/C15H23NO4/c1-11(2)16-10-12-9-13(18-3)5-6-14(12)20-8-7-15(17)19-4/h5-6,9,11,16H,7-8,10H2,1-4H3. The number of carbonyl (C=O) groups excluding carboxylic acids is 1. The van der Waals surface area contributed by atoms with Gasteiger partial charge in [0.05, 0.1) is 27.2 Å². The molecule has 20 heavy (non-hydrogen) atoms. The van der Waals surface area contributed by atoms with Gasteiger partial charge in [0.25, 0.3) is 0 Å². The second-order valence-electron chi connectivity index (χ2n) is 4.68. The second-order valence-corrected chi connectivity index (χ2v) is 4.68. The van der Waals surface area contributed by atoms with Crippen molar-refractivity contribution in [2.45, 2.75) is 32.9 Å². The first kappa shape index (κ1) is 16.3. The van der Waals surface area contributed by atoms with Gasteiger partial charge < -0.3 is 19.5 Å². The van der Waals surface area contributed by atoms with E-state index in [2.05, 4.69) is 23.9 Å². The van der Waals surface area contributed by atoms with Gasteiger partial charge in [-0.25, -0.2) is 0 Å². The maximum atomic E-state index is 11.1. The Labute approximate surface area is 120 Å². The van der Waals surface area contributed by atoms with Crippen LogP contribution in [0.25, 0.3) is 0 Å². The van der Waals surface area contributed by atoms with Gasteiger partial charge in [-0.2, -0.15) is 0 Å². The molecule has 0 spiro atoms. The largest absolute Gasteiger partial charge is 0.497 e. The van der Waals surface area contributed by atoms with Crippen LogP contribution in [-0.4, -0.2) is 32.8 Å². The first-order valence-corrected chi connectivity index (χ1v) is 6.66. The first-order chi connectivity index (χ1) is 9.56. The van der Waals surface area contributed by atoms with Crippen molar-refractivity contribution >= 4 is 5.97 Å². The van der Waals surface area contributed by atoms with Crippen LogP contribution in [0.4, 0.5) is 0 Å². The molecule has 0 aromatic heterocycles. The normalized spacial score (nSPS) is 10.4. The third-order valence-corrected chi connectivity index (χ3v) is 2.76. The number of hydrogen-bond donors (Lipinski definition) is 1. The van der Waals surface area contributed by atoms with Gasteiger partial charge in [-0.3, -0.25) is 4.79 Å². The Morgan fingerprint density at radius 1 is 1.30 bits per heavy atom. The van der Waals surface area contributed by atoms with Gasteiger partial charge in [0, 0.05) is 18.2 Å². The molecule has 0 unspecified atom stereocenters. The van der Waals surface area contributed by atoms with Crippen LogP contribution in [0.15, 0.2) is 18.2 Å². The molecule has 1 aromatic rings. The average Bonchev–Trinajstić information content (AvgIpc) is 2.45. The maximum Gasteiger partial charge on any atom is 0.308 e. The highest BCUT2D eigenvalue weighted by molar-refractivity contribution is 5.69. The molecule has 0 saturated carbocycles. The highest BCUT2D eigenvalue weighted by atomic mass is 16.5. The lowest BCUT2D eigenvalue weighted by Gasteiger charge is -2.14. The van der Waals surface area contributed by atoms with Crippen LogP contribution in [0.3, 0.4) is 0 Å². The van der Waals surface area contributed by atoms with E-state index < -0.39 is 0 Å². The Balaban J connectivity index is 2.69. The summed E-state index contributed by atoms with van der Waals surface area (Å²) in [6.45, 7) is 5.14. The molecule has 1 rings (SSSR count). The van der Waals surface area contributed by atoms with E-state index in [-0.39, 0.29) is 12.4 Å². The molecular weight excluding hydrogens is 258 g/mol. The molecule has 0 fully saturated rings. The smallest absolute Gasteiger partial charge is 0.308 e. The third kappa shape index (κ3) is 5.48. The summed E-state index contributed by atoms with van der Waals surface area (Å²) >= 11 is 0. The zero-order valence-electron chi connectivity index (χ0n) is 12.6. The zero-order valence-corrected chi connectivity index (χ0v) is 12.6. The molecule has 5 nitrogen and oxygen atoms in total. The summed E-state index contributed by atoms with van der Waals surface area (Å²) in [5.41, 5.74) is 1.00. The van der Waals surface area contributed by atoms with Gasteiger partial charge in [0.15, 0.2) is 0 Å². The van der Waals surface area contributed by atoms with E-state index in [1.165, 1.54) is 7.11 Å². The first-order valence-electron chi connectivity index (χ1n) is 6.66. The van der Waals surface area contributed by atoms with Crippen LogP contribution in [0.2, 0.25) is 0 Å². The molecule has 0 aliphatic heterocycles. The van der Waals surface area contributed by atoms with Crippen molar-refractivity contribution in [3.8, 4) is 11.5 Å². The molecule has 0 atom stereocenters. The molecule has 0 radical (unpaired) electrons. The molecule has 0 aliphatic rings. The molecular formula is C15H23NO4. The Bertz CT molecular complexity index is 432. The average molecular weight is 281 g/mol. The predicted octanol–water partition coefficient (Wildman–Crippen LogP) is 2.14. The van der Waals surface area contributed by atoms with Crippen LogP contribution < -0.4 is 14.8 Å². The van der Waals surface area contributed by atoms with E-state index in [9.17, 15) is 4.79 Å². The molecule has 0 amide bonds. The fraction of sp³-hybridized carbons (Fsp3) is 0.533. The summed E-state index contributed by atoms with van der Waals surface area (Å²) in [4.78, 5) is 11.1. The number of methoxy groups -OCH3 is 2. The Hall–Kier alpha value is -1.75. The summed E-state index contributed by atoms with van der Waals surface area (Å²) in [5.74, 6) is 1.26. The van der Waals surface area contributed by atoms with Gasteiger partial charge in [-0.15, -0.1) is 0 Å². The minimum absolute atomic E-state index is 0.236. The van der Waals surface area contributed by atoms with Crippen molar-refractivity contribution in [1.82, 2.24) is 5.32 Å². The highest BCUT2D eigenvalue weighted by Crippen LogP contribution is 2.24. The van der Waals surface area contributed by atoms with Crippen LogP contribution in [-0.2, 0) is 16.1 Å². The van der Waals surface area contributed by atoms with Crippen LogP contribution in [0.5, 0.6) is 11.5 Å². The monoisotopic (exact) mass is 281 g/mol. The van der Waals surface area contributed by atoms with E-state index in [4.69, 9.17) is 9.47 Å². The van der Waals surface area contributed by atoms with E-state index >= 15 is 0 Å². The molecule has 0 saturated heterocycles. The molecule has 112 valence electrons. The minimum atomic E-state index is -0.277. The van der Waals surface area contributed by atoms with Crippen molar-refractivity contribution in [3.63, 3.8) is 0 Å². The zero-order chi connectivity index (χ0) is 15.0. The van der Waals surface area contributed by atoms with Crippen LogP contribution >= 0.6 is 0 Å². The topological polar surface area (TPSA) is 56.8 Å². The Kier molecular flexibility index (Phi) is 6.87. The number of nitrogens with one attached hydrogen (secondary N) is 1. The van der Waals surface area contributed by atoms with E-state index in [0.717, 1.165) is 17.1 Å². The lowest BCUT2D eigenvalue weighted by Crippen LogP contribution is -2.22. The quantitative estimate of drug-likeness (QED) is 0.740. The fourth-order valence-corrected chi connectivity index (χ4v) is 1.62. The number of hydrogen-bond acceptors (Lipinski definition) is 5. The summed E-state index contributed by atoms with van der Waals surface area (Å²) in [7, 11) is 3.00. The van der Waals surface area contributed by atoms with E-state index in [0.29, 0.717) is 19.2 Å².